The summed E-state index contributed by atoms with van der Waals surface area (Å²) in [6.45, 7) is 13.4. The van der Waals surface area contributed by atoms with Gasteiger partial charge in [-0.25, -0.2) is 4.79 Å². The van der Waals surface area contributed by atoms with E-state index in [1.807, 2.05) is 11.4 Å². The molecule has 0 aliphatic heterocycles. The molecular formula is C28H42N2O2S2. The van der Waals surface area contributed by atoms with Crippen molar-refractivity contribution in [3.63, 3.8) is 0 Å². The lowest BCUT2D eigenvalue weighted by Gasteiger charge is -2.31. The summed E-state index contributed by atoms with van der Waals surface area (Å²) in [4.78, 5) is 14.8. The van der Waals surface area contributed by atoms with Gasteiger partial charge in [0.1, 0.15) is 11.6 Å². The summed E-state index contributed by atoms with van der Waals surface area (Å²) in [6.07, 6.45) is 11.8. The highest BCUT2D eigenvalue weighted by Crippen LogP contribution is 2.40. The number of esters is 1. The molecule has 188 valence electrons. The minimum atomic E-state index is -0.550. The lowest BCUT2D eigenvalue weighted by atomic mass is 9.96. The number of nitriles is 1. The summed E-state index contributed by atoms with van der Waals surface area (Å²) in [5.74, 6) is 0.862. The highest BCUT2D eigenvalue weighted by atomic mass is 32.1. The van der Waals surface area contributed by atoms with Crippen LogP contribution in [0.1, 0.15) is 91.5 Å². The maximum absolute atomic E-state index is 12.1. The van der Waals surface area contributed by atoms with Crippen LogP contribution in [0.5, 0.6) is 0 Å². The van der Waals surface area contributed by atoms with Crippen molar-refractivity contribution in [1.29, 1.82) is 5.26 Å². The van der Waals surface area contributed by atoms with E-state index < -0.39 is 5.97 Å². The molecule has 2 heterocycles. The number of nitrogens with zero attached hydrogens (tertiary/aromatic N) is 2. The van der Waals surface area contributed by atoms with E-state index in [1.165, 1.54) is 61.1 Å². The van der Waals surface area contributed by atoms with Crippen LogP contribution in [0.2, 0.25) is 0 Å². The first-order chi connectivity index (χ1) is 16.5. The second-order valence-electron chi connectivity index (χ2n) is 9.10. The number of carbonyl (C=O) groups is 1. The summed E-state index contributed by atoms with van der Waals surface area (Å²) in [5.41, 5.74) is 1.00. The molecule has 2 rings (SSSR count). The minimum absolute atomic E-state index is 0.0598. The van der Waals surface area contributed by atoms with Crippen molar-refractivity contribution in [2.45, 2.75) is 86.0 Å². The molecule has 0 aromatic carbocycles. The van der Waals surface area contributed by atoms with E-state index in [0.717, 1.165) is 23.4 Å². The molecule has 0 saturated carbocycles. The zero-order chi connectivity index (χ0) is 24.9. The normalized spacial score (nSPS) is 13.6. The van der Waals surface area contributed by atoms with E-state index in [2.05, 4.69) is 38.7 Å². The summed E-state index contributed by atoms with van der Waals surface area (Å²) < 4.78 is 7.43. The Morgan fingerprint density at radius 1 is 1.09 bits per heavy atom. The predicted octanol–water partition coefficient (Wildman–Crippen LogP) is 8.67. The maximum Gasteiger partial charge on any atom is 0.348 e. The topological polar surface area (TPSA) is 53.3 Å². The van der Waals surface area contributed by atoms with E-state index in [4.69, 9.17) is 4.74 Å². The van der Waals surface area contributed by atoms with Crippen LogP contribution in [-0.4, -0.2) is 25.7 Å². The average molecular weight is 503 g/mol. The lowest BCUT2D eigenvalue weighted by Crippen LogP contribution is -2.33. The molecule has 0 radical (unpaired) electrons. The largest absolute Gasteiger partial charge is 0.462 e. The van der Waals surface area contributed by atoms with E-state index >= 15 is 0 Å². The van der Waals surface area contributed by atoms with Gasteiger partial charge in [-0.3, -0.25) is 0 Å². The summed E-state index contributed by atoms with van der Waals surface area (Å²) in [6, 6.07) is 4.33. The number of anilines is 1. The van der Waals surface area contributed by atoms with Crippen molar-refractivity contribution in [3.05, 3.63) is 22.6 Å². The highest BCUT2D eigenvalue weighted by Gasteiger charge is 2.21. The first-order valence-corrected chi connectivity index (χ1v) is 14.7. The van der Waals surface area contributed by atoms with Crippen LogP contribution in [0.25, 0.3) is 15.5 Å². The molecule has 0 fully saturated rings. The Morgan fingerprint density at radius 3 is 2.21 bits per heavy atom. The van der Waals surface area contributed by atoms with Crippen LogP contribution in [0.4, 0.5) is 5.00 Å². The van der Waals surface area contributed by atoms with Gasteiger partial charge in [0.2, 0.25) is 0 Å². The molecule has 2 atom stereocenters. The van der Waals surface area contributed by atoms with Crippen LogP contribution in [0.3, 0.4) is 0 Å². The van der Waals surface area contributed by atoms with Crippen molar-refractivity contribution in [2.75, 3.05) is 24.6 Å². The molecular weight excluding hydrogens is 460 g/mol. The Labute approximate surface area is 214 Å². The van der Waals surface area contributed by atoms with Crippen LogP contribution in [-0.2, 0) is 9.53 Å². The number of fused-ring (bicyclic) bond motifs is 1. The second kappa shape index (κ2) is 15.2. The van der Waals surface area contributed by atoms with Crippen LogP contribution in [0.15, 0.2) is 17.0 Å². The standard InChI is InChI=1S/C28H42N2O2S2/c1-6-11-13-21(8-3)18-30(19-22(9-4)14-12-7-2)26-16-25-27(34-26)24(20-33-25)15-23(17-29)28(31)32-10-5/h15-16,20-22H,6-14,18-19H2,1-5H3/b23-15+. The van der Waals surface area contributed by atoms with Gasteiger partial charge in [-0.2, -0.15) is 5.26 Å². The fourth-order valence-electron chi connectivity index (χ4n) is 4.30. The van der Waals surface area contributed by atoms with Gasteiger partial charge < -0.3 is 9.64 Å². The van der Waals surface area contributed by atoms with Crippen molar-refractivity contribution in [3.8, 4) is 6.07 Å². The molecule has 0 N–H and O–H groups in total. The third kappa shape index (κ3) is 8.13. The SMILES string of the molecule is CCCCC(CC)CN(CC(CC)CCCC)c1cc2scc(/C=C(\C#N)C(=O)OCC)c2s1. The van der Waals surface area contributed by atoms with Crippen LogP contribution >= 0.6 is 22.7 Å². The minimum Gasteiger partial charge on any atom is -0.462 e. The van der Waals surface area contributed by atoms with E-state index in [1.54, 1.807) is 35.7 Å². The number of ether oxygens (including phenoxy) is 1. The summed E-state index contributed by atoms with van der Waals surface area (Å²) >= 11 is 3.48. The number of carbonyl (C=O) groups excluding carboxylic acids is 1. The quantitative estimate of drug-likeness (QED) is 0.131. The third-order valence-electron chi connectivity index (χ3n) is 6.53. The molecule has 0 spiro atoms. The molecule has 2 aromatic rings. The maximum atomic E-state index is 12.1. The molecule has 4 nitrogen and oxygen atoms in total. The van der Waals surface area contributed by atoms with Gasteiger partial charge in [0.05, 0.1) is 16.3 Å². The fraction of sp³-hybridized carbons (Fsp3) is 0.643. The zero-order valence-electron chi connectivity index (χ0n) is 21.7. The first kappa shape index (κ1) is 28.4. The van der Waals surface area contributed by atoms with Gasteiger partial charge in [0, 0.05) is 28.7 Å². The van der Waals surface area contributed by atoms with Crippen molar-refractivity contribution in [1.82, 2.24) is 0 Å². The number of hydrogen-bond acceptors (Lipinski definition) is 6. The van der Waals surface area contributed by atoms with Crippen molar-refractivity contribution < 1.29 is 9.53 Å². The molecule has 2 unspecified atom stereocenters. The van der Waals surface area contributed by atoms with Crippen LogP contribution < -0.4 is 4.90 Å². The van der Waals surface area contributed by atoms with E-state index in [0.29, 0.717) is 11.8 Å². The molecule has 0 aliphatic carbocycles. The number of thiophene rings is 2. The molecule has 0 aliphatic rings. The number of unbranched alkanes of at least 4 members (excludes halogenated alkanes) is 2. The van der Waals surface area contributed by atoms with Crippen molar-refractivity contribution >= 4 is 49.1 Å². The summed E-state index contributed by atoms with van der Waals surface area (Å²) in [5, 5.41) is 12.8. The Hall–Kier alpha value is -1.84. The van der Waals surface area contributed by atoms with Gasteiger partial charge in [-0.1, -0.05) is 66.2 Å². The number of rotatable bonds is 16. The van der Waals surface area contributed by atoms with Gasteiger partial charge in [0.15, 0.2) is 0 Å². The van der Waals surface area contributed by atoms with E-state index in [-0.39, 0.29) is 12.2 Å². The predicted molar refractivity (Wildman–Crippen MR) is 149 cm³/mol. The number of hydrogen-bond donors (Lipinski definition) is 0. The molecule has 0 saturated heterocycles. The lowest BCUT2D eigenvalue weighted by molar-refractivity contribution is -0.137. The highest BCUT2D eigenvalue weighted by molar-refractivity contribution is 7.29. The molecule has 2 aromatic heterocycles. The fourth-order valence-corrected chi connectivity index (χ4v) is 6.62. The van der Waals surface area contributed by atoms with Gasteiger partial charge in [0.25, 0.3) is 0 Å². The Morgan fingerprint density at radius 2 is 1.71 bits per heavy atom. The Bertz CT molecular complexity index is 935. The van der Waals surface area contributed by atoms with Gasteiger partial charge in [-0.05, 0) is 43.7 Å². The third-order valence-corrected chi connectivity index (χ3v) is 8.85. The van der Waals surface area contributed by atoms with E-state index in [9.17, 15) is 10.1 Å². The smallest absolute Gasteiger partial charge is 0.348 e. The molecule has 34 heavy (non-hydrogen) atoms. The second-order valence-corrected chi connectivity index (χ2v) is 11.0. The van der Waals surface area contributed by atoms with Gasteiger partial charge in [-0.15, -0.1) is 22.7 Å². The molecule has 6 heteroatoms. The van der Waals surface area contributed by atoms with Crippen LogP contribution in [0, 0.1) is 23.2 Å². The molecule has 0 bridgehead atoms. The zero-order valence-corrected chi connectivity index (χ0v) is 23.3. The van der Waals surface area contributed by atoms with Crippen molar-refractivity contribution in [2.24, 2.45) is 11.8 Å². The van der Waals surface area contributed by atoms with Gasteiger partial charge >= 0.3 is 5.97 Å². The first-order valence-electron chi connectivity index (χ1n) is 13.1. The summed E-state index contributed by atoms with van der Waals surface area (Å²) in [7, 11) is 0. The molecule has 0 amide bonds. The monoisotopic (exact) mass is 502 g/mol. The average Bonchev–Trinajstić information content (AvgIpc) is 3.43. The Balaban J connectivity index is 2.37. The Kier molecular flexibility index (Phi) is 12.7.